The van der Waals surface area contributed by atoms with Gasteiger partial charge in [0.25, 0.3) is 0 Å². The number of piperidine rings is 1. The first-order chi connectivity index (χ1) is 8.18. The van der Waals surface area contributed by atoms with Crippen LogP contribution in [0.1, 0.15) is 32.1 Å². The Morgan fingerprint density at radius 1 is 1.24 bits per heavy atom. The highest BCUT2D eigenvalue weighted by atomic mass is 79.9. The van der Waals surface area contributed by atoms with Crippen molar-refractivity contribution < 1.29 is 9.59 Å². The molecule has 0 aromatic heterocycles. The molecule has 5 heteroatoms. The van der Waals surface area contributed by atoms with Gasteiger partial charge in [-0.1, -0.05) is 15.9 Å². The summed E-state index contributed by atoms with van der Waals surface area (Å²) in [5.74, 6) is 0.345. The summed E-state index contributed by atoms with van der Waals surface area (Å²) in [6, 6.07) is 0. The fourth-order valence-corrected chi connectivity index (χ4v) is 3.08. The van der Waals surface area contributed by atoms with Crippen LogP contribution in [0.5, 0.6) is 0 Å². The molecule has 4 nitrogen and oxygen atoms in total. The topological polar surface area (TPSA) is 40.6 Å². The van der Waals surface area contributed by atoms with E-state index in [4.69, 9.17) is 0 Å². The number of carbonyl (C=O) groups is 2. The van der Waals surface area contributed by atoms with Crippen LogP contribution in [0.25, 0.3) is 0 Å². The van der Waals surface area contributed by atoms with Crippen molar-refractivity contribution in [2.45, 2.75) is 36.9 Å². The van der Waals surface area contributed by atoms with Crippen LogP contribution in [0, 0.1) is 0 Å². The summed E-state index contributed by atoms with van der Waals surface area (Å²) in [6.07, 6.45) is 4.66. The maximum absolute atomic E-state index is 11.9. The zero-order chi connectivity index (χ0) is 12.3. The van der Waals surface area contributed by atoms with Crippen molar-refractivity contribution in [2.75, 3.05) is 26.2 Å². The zero-order valence-electron chi connectivity index (χ0n) is 10.0. The van der Waals surface area contributed by atoms with Gasteiger partial charge in [-0.05, 0) is 25.7 Å². The van der Waals surface area contributed by atoms with Gasteiger partial charge in [-0.25, -0.2) is 0 Å². The quantitative estimate of drug-likeness (QED) is 0.739. The standard InChI is InChI=1S/C12H19BrN2O2/c13-10-4-3-8-15(12(10)17)9-5-11(16)14-6-1-2-7-14/h10H,1-9H2. The molecule has 0 aliphatic carbocycles. The van der Waals surface area contributed by atoms with E-state index in [1.807, 2.05) is 9.80 Å². The molecule has 0 spiro atoms. The Labute approximate surface area is 110 Å². The first-order valence-corrected chi connectivity index (χ1v) is 7.30. The second kappa shape index (κ2) is 5.85. The van der Waals surface area contributed by atoms with Crippen LogP contribution in [0.15, 0.2) is 0 Å². The van der Waals surface area contributed by atoms with Crippen molar-refractivity contribution in [1.82, 2.24) is 9.80 Å². The maximum Gasteiger partial charge on any atom is 0.236 e. The fraction of sp³-hybridized carbons (Fsp3) is 0.833. The largest absolute Gasteiger partial charge is 0.343 e. The molecule has 0 saturated carbocycles. The molecule has 2 saturated heterocycles. The molecule has 2 heterocycles. The monoisotopic (exact) mass is 302 g/mol. The van der Waals surface area contributed by atoms with Crippen LogP contribution >= 0.6 is 15.9 Å². The minimum atomic E-state index is -0.0434. The number of hydrogen-bond acceptors (Lipinski definition) is 2. The Morgan fingerprint density at radius 2 is 1.94 bits per heavy atom. The van der Waals surface area contributed by atoms with Crippen LogP contribution in [0.3, 0.4) is 0 Å². The first-order valence-electron chi connectivity index (χ1n) is 6.39. The van der Waals surface area contributed by atoms with E-state index in [1.54, 1.807) is 0 Å². The van der Waals surface area contributed by atoms with E-state index >= 15 is 0 Å². The number of rotatable bonds is 3. The molecule has 2 aliphatic heterocycles. The zero-order valence-corrected chi connectivity index (χ0v) is 11.6. The lowest BCUT2D eigenvalue weighted by Crippen LogP contribution is -2.43. The average Bonchev–Trinajstić information content (AvgIpc) is 2.84. The van der Waals surface area contributed by atoms with E-state index in [1.165, 1.54) is 0 Å². The van der Waals surface area contributed by atoms with E-state index in [0.717, 1.165) is 45.3 Å². The van der Waals surface area contributed by atoms with Gasteiger partial charge < -0.3 is 9.80 Å². The molecule has 96 valence electrons. The molecule has 2 aliphatic rings. The van der Waals surface area contributed by atoms with Gasteiger partial charge in [0.05, 0.1) is 4.83 Å². The van der Waals surface area contributed by atoms with Gasteiger partial charge in [0.1, 0.15) is 0 Å². The van der Waals surface area contributed by atoms with Crippen LogP contribution in [-0.4, -0.2) is 52.6 Å². The molecule has 2 amide bonds. The molecule has 17 heavy (non-hydrogen) atoms. The summed E-state index contributed by atoms with van der Waals surface area (Å²) in [6.45, 7) is 3.17. The minimum Gasteiger partial charge on any atom is -0.343 e. The molecule has 2 rings (SSSR count). The Hall–Kier alpha value is -0.580. The lowest BCUT2D eigenvalue weighted by molar-refractivity contribution is -0.134. The molecule has 2 fully saturated rings. The van der Waals surface area contributed by atoms with Crippen LogP contribution in [0.2, 0.25) is 0 Å². The average molecular weight is 303 g/mol. The van der Waals surface area contributed by atoms with Gasteiger partial charge in [-0.2, -0.15) is 0 Å². The predicted octanol–water partition coefficient (Wildman–Crippen LogP) is 1.38. The smallest absolute Gasteiger partial charge is 0.236 e. The van der Waals surface area contributed by atoms with Crippen molar-refractivity contribution in [3.05, 3.63) is 0 Å². The van der Waals surface area contributed by atoms with Gasteiger partial charge in [-0.3, -0.25) is 9.59 Å². The molecular formula is C12H19BrN2O2. The Balaban J connectivity index is 1.77. The Bertz CT molecular complexity index is 303. The normalized spacial score (nSPS) is 25.5. The van der Waals surface area contributed by atoms with Crippen molar-refractivity contribution in [3.8, 4) is 0 Å². The van der Waals surface area contributed by atoms with Gasteiger partial charge in [0, 0.05) is 32.6 Å². The minimum absolute atomic E-state index is 0.0434. The van der Waals surface area contributed by atoms with E-state index in [-0.39, 0.29) is 16.6 Å². The fourth-order valence-electron chi connectivity index (χ4n) is 2.47. The molecule has 0 aromatic carbocycles. The van der Waals surface area contributed by atoms with Gasteiger partial charge in [0.15, 0.2) is 0 Å². The third-order valence-corrected chi connectivity index (χ3v) is 4.37. The van der Waals surface area contributed by atoms with Crippen molar-refractivity contribution >= 4 is 27.7 Å². The summed E-state index contributed by atoms with van der Waals surface area (Å²) in [7, 11) is 0. The maximum atomic E-state index is 11.9. The first kappa shape index (κ1) is 12.9. The Kier molecular flexibility index (Phi) is 4.42. The summed E-state index contributed by atoms with van der Waals surface area (Å²) in [5, 5.41) is 0. The Morgan fingerprint density at radius 3 is 2.65 bits per heavy atom. The highest BCUT2D eigenvalue weighted by molar-refractivity contribution is 9.10. The third-order valence-electron chi connectivity index (χ3n) is 3.52. The third kappa shape index (κ3) is 3.21. The van der Waals surface area contributed by atoms with E-state index in [2.05, 4.69) is 15.9 Å². The summed E-state index contributed by atoms with van der Waals surface area (Å²) < 4.78 is 0. The van der Waals surface area contributed by atoms with Gasteiger partial charge >= 0.3 is 0 Å². The molecule has 0 aromatic rings. The van der Waals surface area contributed by atoms with Gasteiger partial charge in [-0.15, -0.1) is 0 Å². The van der Waals surface area contributed by atoms with E-state index < -0.39 is 0 Å². The van der Waals surface area contributed by atoms with Gasteiger partial charge in [0.2, 0.25) is 11.8 Å². The van der Waals surface area contributed by atoms with Crippen molar-refractivity contribution in [3.63, 3.8) is 0 Å². The lowest BCUT2D eigenvalue weighted by atomic mass is 10.1. The summed E-state index contributed by atoms with van der Waals surface area (Å²) in [4.78, 5) is 27.4. The number of amides is 2. The van der Waals surface area contributed by atoms with Crippen molar-refractivity contribution in [1.29, 1.82) is 0 Å². The number of alkyl halides is 1. The molecule has 0 radical (unpaired) electrons. The second-order valence-electron chi connectivity index (χ2n) is 4.77. The predicted molar refractivity (Wildman–Crippen MR) is 69.0 cm³/mol. The second-order valence-corrected chi connectivity index (χ2v) is 5.88. The van der Waals surface area contributed by atoms with E-state index in [9.17, 15) is 9.59 Å². The van der Waals surface area contributed by atoms with E-state index in [0.29, 0.717) is 13.0 Å². The van der Waals surface area contributed by atoms with Crippen LogP contribution in [-0.2, 0) is 9.59 Å². The molecule has 1 unspecified atom stereocenters. The summed E-state index contributed by atoms with van der Waals surface area (Å²) >= 11 is 3.38. The summed E-state index contributed by atoms with van der Waals surface area (Å²) in [5.41, 5.74) is 0. The van der Waals surface area contributed by atoms with Crippen LogP contribution < -0.4 is 0 Å². The highest BCUT2D eigenvalue weighted by Gasteiger charge is 2.27. The van der Waals surface area contributed by atoms with Crippen molar-refractivity contribution in [2.24, 2.45) is 0 Å². The number of carbonyl (C=O) groups excluding carboxylic acids is 2. The molecule has 0 N–H and O–H groups in total. The van der Waals surface area contributed by atoms with Crippen LogP contribution in [0.4, 0.5) is 0 Å². The number of likely N-dealkylation sites (tertiary alicyclic amines) is 2. The molecular weight excluding hydrogens is 284 g/mol. The SMILES string of the molecule is O=C(CCN1CCCC(Br)C1=O)N1CCCC1. The lowest BCUT2D eigenvalue weighted by Gasteiger charge is -2.30. The number of halogens is 1. The number of nitrogens with zero attached hydrogens (tertiary/aromatic N) is 2. The highest BCUT2D eigenvalue weighted by Crippen LogP contribution is 2.19. The molecule has 0 bridgehead atoms. The number of hydrogen-bond donors (Lipinski definition) is 0. The molecule has 1 atom stereocenters.